The second-order valence-electron chi connectivity index (χ2n) is 7.13. The number of rotatable bonds is 6. The van der Waals surface area contributed by atoms with Gasteiger partial charge in [-0.05, 0) is 51.4 Å². The van der Waals surface area contributed by atoms with Crippen LogP contribution in [0.1, 0.15) is 36.3 Å². The number of likely N-dealkylation sites (tertiary alicyclic amines) is 1. The van der Waals surface area contributed by atoms with E-state index in [0.29, 0.717) is 17.1 Å². The molecule has 1 saturated heterocycles. The van der Waals surface area contributed by atoms with Crippen LogP contribution >= 0.6 is 11.3 Å². The number of β-amino-alcohol motifs (C(OH)–C–C–N with tert-alkyl or cyclic N) is 1. The maximum atomic E-state index is 14.5. The van der Waals surface area contributed by atoms with Crippen LogP contribution in [0.3, 0.4) is 0 Å². The molecule has 0 saturated carbocycles. The van der Waals surface area contributed by atoms with Gasteiger partial charge in [-0.2, -0.15) is 0 Å². The normalized spacial score (nSPS) is 23.0. The van der Waals surface area contributed by atoms with Crippen molar-refractivity contribution in [2.75, 3.05) is 37.6 Å². The maximum absolute atomic E-state index is 14.5. The summed E-state index contributed by atoms with van der Waals surface area (Å²) < 4.78 is 28.4. The quantitative estimate of drug-likeness (QED) is 0.782. The predicted molar refractivity (Wildman–Crippen MR) is 98.6 cm³/mol. The molecule has 2 aliphatic rings. The van der Waals surface area contributed by atoms with Gasteiger partial charge in [-0.15, -0.1) is 11.3 Å². The molecule has 2 aliphatic heterocycles. The number of aliphatic hydroxyl groups is 1. The van der Waals surface area contributed by atoms with E-state index in [2.05, 4.69) is 9.88 Å². The Bertz CT molecular complexity index is 764. The molecule has 0 amide bonds. The number of halogens is 2. The zero-order valence-corrected chi connectivity index (χ0v) is 15.4. The van der Waals surface area contributed by atoms with Gasteiger partial charge >= 0.3 is 0 Å². The molecular weight excluding hydrogens is 356 g/mol. The van der Waals surface area contributed by atoms with E-state index in [9.17, 15) is 13.9 Å². The van der Waals surface area contributed by atoms with Crippen LogP contribution in [-0.2, 0) is 5.60 Å². The summed E-state index contributed by atoms with van der Waals surface area (Å²) in [4.78, 5) is 8.45. The Morgan fingerprint density at radius 1 is 1.15 bits per heavy atom. The van der Waals surface area contributed by atoms with Gasteiger partial charge in [0.05, 0.1) is 12.2 Å². The second kappa shape index (κ2) is 7.21. The van der Waals surface area contributed by atoms with Crippen LogP contribution in [-0.4, -0.2) is 47.7 Å². The van der Waals surface area contributed by atoms with Crippen molar-refractivity contribution in [1.82, 2.24) is 9.88 Å². The van der Waals surface area contributed by atoms with Crippen molar-refractivity contribution >= 4 is 17.0 Å². The molecule has 1 unspecified atom stereocenters. The zero-order valence-electron chi connectivity index (χ0n) is 14.6. The maximum Gasteiger partial charge on any atom is 0.182 e. The fourth-order valence-corrected chi connectivity index (χ4v) is 4.81. The molecule has 0 bridgehead atoms. The van der Waals surface area contributed by atoms with E-state index in [1.165, 1.54) is 30.2 Å². The number of nitrogens with zero attached hydrogens (tertiary/aromatic N) is 3. The molecule has 7 heteroatoms. The van der Waals surface area contributed by atoms with Gasteiger partial charge in [-0.25, -0.2) is 13.8 Å². The topological polar surface area (TPSA) is 39.6 Å². The van der Waals surface area contributed by atoms with E-state index in [4.69, 9.17) is 0 Å². The Morgan fingerprint density at radius 2 is 1.92 bits per heavy atom. The van der Waals surface area contributed by atoms with E-state index in [1.54, 1.807) is 16.5 Å². The third-order valence-electron chi connectivity index (χ3n) is 5.39. The monoisotopic (exact) mass is 379 g/mol. The molecule has 1 atom stereocenters. The lowest BCUT2D eigenvalue weighted by molar-refractivity contribution is 0.0975. The summed E-state index contributed by atoms with van der Waals surface area (Å²) in [6.07, 6.45) is 6.05. The zero-order chi connectivity index (χ0) is 18.1. The van der Waals surface area contributed by atoms with Gasteiger partial charge < -0.3 is 14.9 Å². The molecule has 0 radical (unpaired) electrons. The first-order valence-electron chi connectivity index (χ1n) is 9.18. The van der Waals surface area contributed by atoms with E-state index in [-0.39, 0.29) is 12.2 Å². The molecule has 0 aliphatic carbocycles. The minimum Gasteiger partial charge on any atom is -0.376 e. The van der Waals surface area contributed by atoms with Crippen LogP contribution in [0, 0.1) is 11.6 Å². The summed E-state index contributed by atoms with van der Waals surface area (Å²) in [6, 6.07) is 2.57. The smallest absolute Gasteiger partial charge is 0.182 e. The van der Waals surface area contributed by atoms with Gasteiger partial charge in [-0.3, -0.25) is 0 Å². The first kappa shape index (κ1) is 17.8. The summed E-state index contributed by atoms with van der Waals surface area (Å²) in [7, 11) is 0. The van der Waals surface area contributed by atoms with Crippen LogP contribution in [0.4, 0.5) is 14.5 Å². The SMILES string of the molecule is OC1(c2nccs2)CN(CCCCN2CCCC2)c2c1ccc(F)c2F. The number of benzene rings is 1. The van der Waals surface area contributed by atoms with Crippen molar-refractivity contribution in [3.63, 3.8) is 0 Å². The molecule has 3 heterocycles. The minimum atomic E-state index is -1.38. The van der Waals surface area contributed by atoms with Crippen LogP contribution in [0.2, 0.25) is 0 Å². The number of fused-ring (bicyclic) bond motifs is 1. The number of unbranched alkanes of at least 4 members (excludes halogenated alkanes) is 1. The molecule has 1 aromatic carbocycles. The molecule has 1 fully saturated rings. The first-order chi connectivity index (χ1) is 12.6. The lowest BCUT2D eigenvalue weighted by Gasteiger charge is -2.23. The van der Waals surface area contributed by atoms with Gasteiger partial charge in [-0.1, -0.05) is 6.07 Å². The molecule has 1 aromatic heterocycles. The Kier molecular flexibility index (Phi) is 4.94. The molecule has 4 nitrogen and oxygen atoms in total. The Hall–Kier alpha value is -1.57. The fourth-order valence-electron chi connectivity index (χ4n) is 4.07. The predicted octanol–water partition coefficient (Wildman–Crippen LogP) is 3.35. The van der Waals surface area contributed by atoms with Crippen LogP contribution in [0.25, 0.3) is 0 Å². The molecule has 1 N–H and O–H groups in total. The highest BCUT2D eigenvalue weighted by atomic mass is 32.1. The first-order valence-corrected chi connectivity index (χ1v) is 10.1. The lowest BCUT2D eigenvalue weighted by atomic mass is 9.96. The fraction of sp³-hybridized carbons (Fsp3) is 0.526. The standard InChI is InChI=1S/C19H23F2N3OS/c20-15-6-5-14-17(16(15)21)24(11-4-3-10-23-8-1-2-9-23)13-19(14,25)18-22-7-12-26-18/h5-7,12,25H,1-4,8-11,13H2. The minimum absolute atomic E-state index is 0.184. The molecule has 0 spiro atoms. The average Bonchev–Trinajstić information content (AvgIpc) is 3.36. The van der Waals surface area contributed by atoms with Gasteiger partial charge in [0.15, 0.2) is 17.2 Å². The Morgan fingerprint density at radius 3 is 2.65 bits per heavy atom. The van der Waals surface area contributed by atoms with Gasteiger partial charge in [0.2, 0.25) is 0 Å². The van der Waals surface area contributed by atoms with E-state index >= 15 is 0 Å². The van der Waals surface area contributed by atoms with E-state index in [0.717, 1.165) is 38.5 Å². The Balaban J connectivity index is 1.52. The van der Waals surface area contributed by atoms with Crippen molar-refractivity contribution < 1.29 is 13.9 Å². The highest BCUT2D eigenvalue weighted by Gasteiger charge is 2.46. The summed E-state index contributed by atoms with van der Waals surface area (Å²) in [5.74, 6) is -1.76. The molecule has 2 aromatic rings. The lowest BCUT2D eigenvalue weighted by Crippen LogP contribution is -2.35. The Labute approximate surface area is 156 Å². The third kappa shape index (κ3) is 3.12. The number of hydrogen-bond acceptors (Lipinski definition) is 5. The third-order valence-corrected chi connectivity index (χ3v) is 6.31. The van der Waals surface area contributed by atoms with Crippen molar-refractivity contribution in [2.45, 2.75) is 31.3 Å². The summed E-state index contributed by atoms with van der Waals surface area (Å²) >= 11 is 1.33. The van der Waals surface area contributed by atoms with Crippen LogP contribution < -0.4 is 4.90 Å². The molecular formula is C19H23F2N3OS. The summed E-state index contributed by atoms with van der Waals surface area (Å²) in [5.41, 5.74) is -0.790. The molecule has 4 rings (SSSR count). The van der Waals surface area contributed by atoms with E-state index in [1.807, 2.05) is 0 Å². The van der Waals surface area contributed by atoms with Crippen molar-refractivity contribution in [3.05, 3.63) is 45.9 Å². The van der Waals surface area contributed by atoms with Crippen LogP contribution in [0.15, 0.2) is 23.7 Å². The molecule has 140 valence electrons. The average molecular weight is 379 g/mol. The highest BCUT2D eigenvalue weighted by molar-refractivity contribution is 7.09. The van der Waals surface area contributed by atoms with Crippen molar-refractivity contribution in [2.24, 2.45) is 0 Å². The highest BCUT2D eigenvalue weighted by Crippen LogP contribution is 2.45. The van der Waals surface area contributed by atoms with Gasteiger partial charge in [0.1, 0.15) is 5.01 Å². The number of thiazole rings is 1. The van der Waals surface area contributed by atoms with Crippen molar-refractivity contribution in [3.8, 4) is 0 Å². The van der Waals surface area contributed by atoms with Crippen molar-refractivity contribution in [1.29, 1.82) is 0 Å². The number of anilines is 1. The summed E-state index contributed by atoms with van der Waals surface area (Å²) in [5, 5.41) is 13.5. The second-order valence-corrected chi connectivity index (χ2v) is 8.03. The van der Waals surface area contributed by atoms with Crippen LogP contribution in [0.5, 0.6) is 0 Å². The largest absolute Gasteiger partial charge is 0.376 e. The molecule has 26 heavy (non-hydrogen) atoms. The van der Waals surface area contributed by atoms with E-state index < -0.39 is 17.2 Å². The number of hydrogen-bond donors (Lipinski definition) is 1. The summed E-state index contributed by atoms with van der Waals surface area (Å²) in [6.45, 7) is 4.17. The number of aromatic nitrogens is 1. The van der Waals surface area contributed by atoms with Gasteiger partial charge in [0, 0.05) is 23.7 Å². The van der Waals surface area contributed by atoms with Gasteiger partial charge in [0.25, 0.3) is 0 Å².